The molecule has 80 valence electrons. The van der Waals surface area contributed by atoms with Gasteiger partial charge in [0.1, 0.15) is 6.29 Å². The third kappa shape index (κ3) is 1.60. The fourth-order valence-electron chi connectivity index (χ4n) is 3.24. The van der Waals surface area contributed by atoms with Gasteiger partial charge in [-0.15, -0.1) is 0 Å². The molecule has 1 unspecified atom stereocenters. The van der Waals surface area contributed by atoms with Gasteiger partial charge in [0.05, 0.1) is 0 Å². The average Bonchev–Trinajstić information content (AvgIpc) is 2.28. The molecule has 3 rings (SSSR count). The Morgan fingerprint density at radius 1 is 1.29 bits per heavy atom. The number of hydrogen-bond donors (Lipinski definition) is 0. The van der Waals surface area contributed by atoms with E-state index in [1.165, 1.54) is 45.2 Å². The maximum atomic E-state index is 11.2. The molecule has 3 aliphatic heterocycles. The highest BCUT2D eigenvalue weighted by Gasteiger charge is 2.44. The van der Waals surface area contributed by atoms with Crippen LogP contribution >= 0.6 is 0 Å². The van der Waals surface area contributed by atoms with Gasteiger partial charge in [0.25, 0.3) is 0 Å². The van der Waals surface area contributed by atoms with E-state index in [1.54, 1.807) is 0 Å². The van der Waals surface area contributed by atoms with E-state index in [9.17, 15) is 4.79 Å². The summed E-state index contributed by atoms with van der Waals surface area (Å²) in [6.07, 6.45) is 7.27. The summed E-state index contributed by atoms with van der Waals surface area (Å²) in [5, 5.41) is 0. The molecule has 1 atom stereocenters. The van der Waals surface area contributed by atoms with Crippen molar-refractivity contribution < 1.29 is 4.79 Å². The van der Waals surface area contributed by atoms with Crippen molar-refractivity contribution in [1.82, 2.24) is 4.90 Å². The van der Waals surface area contributed by atoms with Crippen molar-refractivity contribution >= 4 is 6.29 Å². The summed E-state index contributed by atoms with van der Waals surface area (Å²) in [6, 6.07) is 0. The first-order chi connectivity index (χ1) is 6.80. The molecule has 0 aromatic carbocycles. The highest BCUT2D eigenvalue weighted by atomic mass is 16.1. The van der Waals surface area contributed by atoms with E-state index in [-0.39, 0.29) is 0 Å². The summed E-state index contributed by atoms with van der Waals surface area (Å²) in [5.74, 6) is 0.343. The lowest BCUT2D eigenvalue weighted by molar-refractivity contribution is -0.120. The van der Waals surface area contributed by atoms with E-state index in [2.05, 4.69) is 11.8 Å². The van der Waals surface area contributed by atoms with Gasteiger partial charge in [0.2, 0.25) is 0 Å². The van der Waals surface area contributed by atoms with Crippen molar-refractivity contribution in [2.75, 3.05) is 19.6 Å². The molecule has 2 heteroatoms. The smallest absolute Gasteiger partial charge is 0.123 e. The maximum absolute atomic E-state index is 11.2. The molecule has 0 spiro atoms. The van der Waals surface area contributed by atoms with Crippen LogP contribution in [0.4, 0.5) is 0 Å². The lowest BCUT2D eigenvalue weighted by Crippen LogP contribution is -2.51. The first-order valence-corrected chi connectivity index (χ1v) is 5.98. The van der Waals surface area contributed by atoms with Crippen LogP contribution in [0.25, 0.3) is 0 Å². The molecule has 3 heterocycles. The van der Waals surface area contributed by atoms with Gasteiger partial charge in [0, 0.05) is 5.92 Å². The fourth-order valence-corrected chi connectivity index (χ4v) is 3.24. The van der Waals surface area contributed by atoms with E-state index in [0.29, 0.717) is 11.3 Å². The Morgan fingerprint density at radius 2 is 1.86 bits per heavy atom. The minimum Gasteiger partial charge on any atom is -0.303 e. The Balaban J connectivity index is 2.08. The van der Waals surface area contributed by atoms with E-state index >= 15 is 0 Å². The Hall–Kier alpha value is -0.370. The molecular formula is C12H21NO. The van der Waals surface area contributed by atoms with Crippen LogP contribution in [0.15, 0.2) is 0 Å². The molecule has 0 saturated carbocycles. The Bertz CT molecular complexity index is 193. The summed E-state index contributed by atoms with van der Waals surface area (Å²) in [6.45, 7) is 5.88. The van der Waals surface area contributed by atoms with Gasteiger partial charge < -0.3 is 9.69 Å². The molecule has 3 fully saturated rings. The first-order valence-electron chi connectivity index (χ1n) is 5.98. The molecule has 3 aliphatic rings. The van der Waals surface area contributed by atoms with Crippen LogP contribution in [0.5, 0.6) is 0 Å². The van der Waals surface area contributed by atoms with Crippen LogP contribution in [-0.2, 0) is 4.79 Å². The first kappa shape index (κ1) is 10.2. The Morgan fingerprint density at radius 3 is 2.29 bits per heavy atom. The Kier molecular flexibility index (Phi) is 2.91. The van der Waals surface area contributed by atoms with Crippen LogP contribution in [-0.4, -0.2) is 30.8 Å². The minimum absolute atomic E-state index is 0.343. The summed E-state index contributed by atoms with van der Waals surface area (Å²) in [5.41, 5.74) is 0.395. The Labute approximate surface area is 86.7 Å². The van der Waals surface area contributed by atoms with Gasteiger partial charge >= 0.3 is 0 Å². The lowest BCUT2D eigenvalue weighted by Gasteiger charge is -2.51. The third-order valence-electron chi connectivity index (χ3n) is 4.33. The molecule has 0 amide bonds. The molecule has 0 aromatic rings. The van der Waals surface area contributed by atoms with E-state index < -0.39 is 0 Å². The second-order valence-corrected chi connectivity index (χ2v) is 4.99. The van der Waals surface area contributed by atoms with Crippen LogP contribution < -0.4 is 0 Å². The predicted octanol–water partition coefficient (Wildman–Crippen LogP) is 2.09. The van der Waals surface area contributed by atoms with Gasteiger partial charge in [-0.2, -0.15) is 0 Å². The number of hydrogen-bond acceptors (Lipinski definition) is 2. The highest BCUT2D eigenvalue weighted by molar-refractivity contribution is 5.55. The summed E-state index contributed by atoms with van der Waals surface area (Å²) in [7, 11) is 0. The van der Waals surface area contributed by atoms with Crippen molar-refractivity contribution in [1.29, 1.82) is 0 Å². The number of fused-ring (bicyclic) bond motifs is 3. The standard InChI is InChI=1S/C12H21NO/c1-2-3-11(10-14)12-4-7-13(8-5-12)9-6-12/h10-11H,2-9H2,1H3. The normalized spacial score (nSPS) is 38.2. The van der Waals surface area contributed by atoms with Crippen molar-refractivity contribution in [3.05, 3.63) is 0 Å². The number of carbonyl (C=O) groups is 1. The number of carbonyl (C=O) groups excluding carboxylic acids is 1. The molecule has 2 bridgehead atoms. The maximum Gasteiger partial charge on any atom is 0.123 e. The zero-order valence-corrected chi connectivity index (χ0v) is 9.17. The van der Waals surface area contributed by atoms with Gasteiger partial charge in [-0.3, -0.25) is 0 Å². The van der Waals surface area contributed by atoms with E-state index in [0.717, 1.165) is 12.8 Å². The van der Waals surface area contributed by atoms with E-state index in [4.69, 9.17) is 0 Å². The predicted molar refractivity (Wildman–Crippen MR) is 57.2 cm³/mol. The molecule has 0 N–H and O–H groups in total. The average molecular weight is 195 g/mol. The van der Waals surface area contributed by atoms with Gasteiger partial charge in [-0.25, -0.2) is 0 Å². The second kappa shape index (κ2) is 4.01. The summed E-state index contributed by atoms with van der Waals surface area (Å²) in [4.78, 5) is 13.7. The van der Waals surface area contributed by atoms with Gasteiger partial charge in [-0.05, 0) is 50.7 Å². The number of piperidine rings is 3. The van der Waals surface area contributed by atoms with Crippen LogP contribution in [0.3, 0.4) is 0 Å². The second-order valence-electron chi connectivity index (χ2n) is 4.99. The van der Waals surface area contributed by atoms with Crippen molar-refractivity contribution in [3.63, 3.8) is 0 Å². The number of nitrogens with zero attached hydrogens (tertiary/aromatic N) is 1. The van der Waals surface area contributed by atoms with Crippen LogP contribution in [0.2, 0.25) is 0 Å². The van der Waals surface area contributed by atoms with Gasteiger partial charge in [0.15, 0.2) is 0 Å². The molecule has 3 saturated heterocycles. The number of aldehydes is 1. The third-order valence-corrected chi connectivity index (χ3v) is 4.33. The SMILES string of the molecule is CCCC(C=O)C12CCN(CC1)CC2. The lowest BCUT2D eigenvalue weighted by atomic mass is 9.63. The monoisotopic (exact) mass is 195 g/mol. The van der Waals surface area contributed by atoms with Gasteiger partial charge in [-0.1, -0.05) is 13.3 Å². The van der Waals surface area contributed by atoms with Crippen LogP contribution in [0.1, 0.15) is 39.0 Å². The highest BCUT2D eigenvalue weighted by Crippen LogP contribution is 2.46. The topological polar surface area (TPSA) is 20.3 Å². The molecule has 2 nitrogen and oxygen atoms in total. The fraction of sp³-hybridized carbons (Fsp3) is 0.917. The summed E-state index contributed by atoms with van der Waals surface area (Å²) >= 11 is 0. The largest absolute Gasteiger partial charge is 0.303 e. The number of rotatable bonds is 4. The summed E-state index contributed by atoms with van der Waals surface area (Å²) < 4.78 is 0. The molecule has 0 aliphatic carbocycles. The molecule has 0 aromatic heterocycles. The van der Waals surface area contributed by atoms with Crippen molar-refractivity contribution in [3.8, 4) is 0 Å². The molecule has 0 radical (unpaired) electrons. The molecular weight excluding hydrogens is 174 g/mol. The van der Waals surface area contributed by atoms with Crippen molar-refractivity contribution in [2.24, 2.45) is 11.3 Å². The zero-order chi connectivity index (χ0) is 10.0. The minimum atomic E-state index is 0.343. The zero-order valence-electron chi connectivity index (χ0n) is 9.17. The van der Waals surface area contributed by atoms with E-state index in [1.807, 2.05) is 0 Å². The van der Waals surface area contributed by atoms with Crippen LogP contribution in [0, 0.1) is 11.3 Å². The molecule has 14 heavy (non-hydrogen) atoms. The van der Waals surface area contributed by atoms with Crippen molar-refractivity contribution in [2.45, 2.75) is 39.0 Å². The quantitative estimate of drug-likeness (QED) is 0.640.